The molecule has 13 heteroatoms. The van der Waals surface area contributed by atoms with Gasteiger partial charge in [0.05, 0.1) is 72.4 Å². The van der Waals surface area contributed by atoms with Gasteiger partial charge in [0, 0.05) is 35.7 Å². The summed E-state index contributed by atoms with van der Waals surface area (Å²) in [4.78, 5) is 57.9. The van der Waals surface area contributed by atoms with Crippen molar-refractivity contribution in [3.8, 4) is 0 Å². The summed E-state index contributed by atoms with van der Waals surface area (Å²) in [5, 5.41) is 12.9. The molecule has 0 spiro atoms. The van der Waals surface area contributed by atoms with Gasteiger partial charge in [-0.25, -0.2) is 22.4 Å². The van der Waals surface area contributed by atoms with Gasteiger partial charge in [-0.05, 0) is 43.7 Å². The van der Waals surface area contributed by atoms with E-state index in [1.54, 1.807) is 30.4 Å². The van der Waals surface area contributed by atoms with Crippen LogP contribution in [0.1, 0.15) is 37.8 Å². The second-order valence-corrected chi connectivity index (χ2v) is 13.0. The predicted octanol–water partition coefficient (Wildman–Crippen LogP) is 3.16. The summed E-state index contributed by atoms with van der Waals surface area (Å²) < 4.78 is 55.2. The molecular formula is C34H27F4N3O6. The average molecular weight is 650 g/mol. The summed E-state index contributed by atoms with van der Waals surface area (Å²) in [6, 6.07) is 5.11. The van der Waals surface area contributed by atoms with E-state index in [4.69, 9.17) is 4.84 Å². The van der Waals surface area contributed by atoms with Crippen LogP contribution in [0, 0.1) is 12.0 Å². The minimum absolute atomic E-state index is 0.110. The number of fused-ring (bicyclic) bond motifs is 1. The molecule has 6 aliphatic rings. The lowest BCUT2D eigenvalue weighted by Gasteiger charge is -2.42. The number of rotatable bonds is 5. The lowest BCUT2D eigenvalue weighted by Crippen LogP contribution is -2.56. The van der Waals surface area contributed by atoms with Gasteiger partial charge in [-0.1, -0.05) is 12.2 Å². The number of nitrogens with zero attached hydrogens (tertiary/aromatic N) is 3. The molecule has 3 saturated heterocycles. The van der Waals surface area contributed by atoms with E-state index in [2.05, 4.69) is 6.08 Å². The minimum Gasteiger partial charge on any atom is -0.549 e. The van der Waals surface area contributed by atoms with E-state index in [-0.39, 0.29) is 24.0 Å². The van der Waals surface area contributed by atoms with Gasteiger partial charge in [0.2, 0.25) is 0 Å². The highest BCUT2D eigenvalue weighted by atomic mass is 19.3. The number of anilines is 1. The number of aliphatic carboxylic acids is 1. The lowest BCUT2D eigenvalue weighted by molar-refractivity contribution is -0.308. The molecule has 1 atom stereocenters. The third kappa shape index (κ3) is 5.05. The molecule has 47 heavy (non-hydrogen) atoms. The Kier molecular flexibility index (Phi) is 6.67. The Labute approximate surface area is 266 Å². The van der Waals surface area contributed by atoms with Crippen molar-refractivity contribution in [3.05, 3.63) is 93.8 Å². The Morgan fingerprint density at radius 3 is 2.21 bits per heavy atom. The van der Waals surface area contributed by atoms with Crippen LogP contribution in [-0.4, -0.2) is 71.7 Å². The molecule has 3 aliphatic heterocycles. The number of carboxylic acid groups (broad SMARTS) is 1. The number of carboxylic acids is 1. The second kappa shape index (κ2) is 10.2. The van der Waals surface area contributed by atoms with Crippen molar-refractivity contribution in [3.63, 3.8) is 0 Å². The van der Waals surface area contributed by atoms with Crippen LogP contribution in [0.3, 0.4) is 0 Å². The molecule has 0 saturated carbocycles. The first kappa shape index (κ1) is 30.6. The smallest absolute Gasteiger partial charge is 0.363 e. The Morgan fingerprint density at radius 2 is 1.60 bits per heavy atom. The monoisotopic (exact) mass is 649 g/mol. The average Bonchev–Trinajstić information content (AvgIpc) is 3.30. The van der Waals surface area contributed by atoms with Gasteiger partial charge in [0.25, 0.3) is 23.7 Å². The summed E-state index contributed by atoms with van der Waals surface area (Å²) in [5.41, 5.74) is 2.75. The van der Waals surface area contributed by atoms with Gasteiger partial charge in [0.1, 0.15) is 5.70 Å². The van der Waals surface area contributed by atoms with Crippen LogP contribution in [0.2, 0.25) is 0 Å². The van der Waals surface area contributed by atoms with Gasteiger partial charge in [-0.3, -0.25) is 9.59 Å². The highest BCUT2D eigenvalue weighted by molar-refractivity contribution is 6.04. The maximum atomic E-state index is 13.8. The molecule has 1 aromatic rings. The number of amides is 2. The van der Waals surface area contributed by atoms with Crippen LogP contribution in [0.4, 0.5) is 23.2 Å². The standard InChI is InChI=1S/C34H27F4N3O6/c1-32(2)25-12-19(39-14-33(35,36)15-39)4-7-22(25)29(23-8-5-20(13-26(23)32)40-16-34(37,38)17-40)24-11-18(3-6-21(24)30(44)45)31(46)47-41-27(42)9-10-28(41)43/h3-7,11-13,21H,9-10,14-17H2,1-2H3. The zero-order chi connectivity index (χ0) is 33.6. The number of hydrogen-bond donors (Lipinski definition) is 0. The normalized spacial score (nSPS) is 26.5. The Balaban J connectivity index is 1.39. The molecule has 0 radical (unpaired) electrons. The first-order valence-electron chi connectivity index (χ1n) is 14.9. The quantitative estimate of drug-likeness (QED) is 0.272. The molecule has 3 heterocycles. The fourth-order valence-corrected chi connectivity index (χ4v) is 6.76. The number of likely N-dealkylation sites (tertiary alicyclic amines) is 1. The van der Waals surface area contributed by atoms with Gasteiger partial charge in [-0.15, -0.1) is 5.06 Å². The molecule has 1 unspecified atom stereocenters. The highest BCUT2D eigenvalue weighted by Gasteiger charge is 2.50. The van der Waals surface area contributed by atoms with E-state index in [0.717, 1.165) is 0 Å². The molecule has 9 nitrogen and oxygen atoms in total. The van der Waals surface area contributed by atoms with Gasteiger partial charge < -0.3 is 24.5 Å². The first-order chi connectivity index (χ1) is 22.0. The number of imide groups is 1. The summed E-state index contributed by atoms with van der Waals surface area (Å²) in [5.74, 6) is -11.0. The van der Waals surface area contributed by atoms with Gasteiger partial charge >= 0.3 is 5.97 Å². The van der Waals surface area contributed by atoms with Crippen molar-refractivity contribution in [2.24, 2.45) is 5.92 Å². The SMILES string of the molecule is CC1(C)C2=C([C+]=CC(N3CC(F)(F)C3)=C2)C(=C2C=C(C(=O)ON3C(=O)CCC3=O)C=CC2C(=O)[O-])c2ccc(N3CC(F)(F)C3)cc21. The van der Waals surface area contributed by atoms with E-state index in [9.17, 15) is 41.8 Å². The van der Waals surface area contributed by atoms with Crippen molar-refractivity contribution in [1.82, 2.24) is 9.96 Å². The van der Waals surface area contributed by atoms with E-state index in [1.807, 2.05) is 13.8 Å². The number of carbonyl (C=O) groups is 4. The Hall–Kier alpha value is -5.03. The van der Waals surface area contributed by atoms with Crippen molar-refractivity contribution >= 4 is 35.0 Å². The highest BCUT2D eigenvalue weighted by Crippen LogP contribution is 2.52. The van der Waals surface area contributed by atoms with Crippen molar-refractivity contribution in [2.75, 3.05) is 31.1 Å². The minimum atomic E-state index is -2.84. The van der Waals surface area contributed by atoms with Crippen molar-refractivity contribution < 1.29 is 46.7 Å². The number of carbonyl (C=O) groups excluding carboxylic acids is 4. The topological polar surface area (TPSA) is 110 Å². The summed E-state index contributed by atoms with van der Waals surface area (Å²) in [7, 11) is 0. The molecule has 3 fully saturated rings. The van der Waals surface area contributed by atoms with E-state index in [1.165, 1.54) is 28.0 Å². The number of benzene rings is 1. The van der Waals surface area contributed by atoms with Crippen LogP contribution in [0.5, 0.6) is 0 Å². The number of halogens is 4. The molecule has 7 rings (SSSR count). The van der Waals surface area contributed by atoms with Crippen LogP contribution in [-0.2, 0) is 29.4 Å². The number of hydroxylamine groups is 2. The van der Waals surface area contributed by atoms with Crippen LogP contribution >= 0.6 is 0 Å². The van der Waals surface area contributed by atoms with Crippen molar-refractivity contribution in [1.29, 1.82) is 0 Å². The molecule has 3 aliphatic carbocycles. The molecule has 0 bridgehead atoms. The summed E-state index contributed by atoms with van der Waals surface area (Å²) in [6.45, 7) is 1.89. The Bertz CT molecular complexity index is 1840. The summed E-state index contributed by atoms with van der Waals surface area (Å²) >= 11 is 0. The van der Waals surface area contributed by atoms with Crippen LogP contribution in [0.15, 0.2) is 76.6 Å². The van der Waals surface area contributed by atoms with Gasteiger partial charge in [-0.2, -0.15) is 0 Å². The fourth-order valence-electron chi connectivity index (χ4n) is 6.76. The maximum Gasteiger partial charge on any atom is 0.363 e. The Morgan fingerprint density at radius 1 is 0.957 bits per heavy atom. The first-order valence-corrected chi connectivity index (χ1v) is 14.9. The molecule has 2 amide bonds. The van der Waals surface area contributed by atoms with E-state index >= 15 is 0 Å². The number of hydrogen-bond acceptors (Lipinski definition) is 8. The molecule has 1 aromatic carbocycles. The van der Waals surface area contributed by atoms with Crippen LogP contribution < -0.4 is 10.0 Å². The van der Waals surface area contributed by atoms with E-state index < -0.39 is 73.1 Å². The molecular weight excluding hydrogens is 622 g/mol. The van der Waals surface area contributed by atoms with E-state index in [0.29, 0.717) is 44.3 Å². The number of alkyl halides is 4. The third-order valence-electron chi connectivity index (χ3n) is 9.29. The lowest BCUT2D eigenvalue weighted by atomic mass is 9.64. The molecule has 0 N–H and O–H groups in total. The van der Waals surface area contributed by atoms with Crippen LogP contribution in [0.25, 0.3) is 5.57 Å². The predicted molar refractivity (Wildman–Crippen MR) is 156 cm³/mol. The van der Waals surface area contributed by atoms with Crippen molar-refractivity contribution in [2.45, 2.75) is 43.9 Å². The third-order valence-corrected chi connectivity index (χ3v) is 9.29. The van der Waals surface area contributed by atoms with Gasteiger partial charge in [0.15, 0.2) is 5.57 Å². The maximum absolute atomic E-state index is 13.8. The second-order valence-electron chi connectivity index (χ2n) is 13.0. The molecule has 242 valence electrons. The zero-order valence-electron chi connectivity index (χ0n) is 25.2. The number of allylic oxidation sites excluding steroid dienone is 7. The zero-order valence-corrected chi connectivity index (χ0v) is 25.2. The fraction of sp³-hybridized carbons (Fsp3) is 0.353. The molecule has 0 aromatic heterocycles. The largest absolute Gasteiger partial charge is 0.549 e. The summed E-state index contributed by atoms with van der Waals surface area (Å²) in [6.07, 6.45) is 9.97.